The van der Waals surface area contributed by atoms with E-state index >= 15 is 0 Å². The molecule has 0 aromatic heterocycles. The second-order valence-electron chi connectivity index (χ2n) is 6.32. The van der Waals surface area contributed by atoms with Gasteiger partial charge in [0.15, 0.2) is 0 Å². The Kier molecular flexibility index (Phi) is 8.70. The van der Waals surface area contributed by atoms with Gasteiger partial charge in [0.25, 0.3) is 0 Å². The first-order valence-corrected chi connectivity index (χ1v) is 8.79. The van der Waals surface area contributed by atoms with Gasteiger partial charge in [-0.1, -0.05) is 60.7 Å². The molecule has 0 spiro atoms. The highest BCUT2D eigenvalue weighted by Gasteiger charge is 2.30. The molecule has 0 unspecified atom stereocenters. The first-order valence-electron chi connectivity index (χ1n) is 8.79. The second-order valence-corrected chi connectivity index (χ2v) is 6.32. The van der Waals surface area contributed by atoms with Gasteiger partial charge in [-0.2, -0.15) is 0 Å². The zero-order chi connectivity index (χ0) is 18.8. The molecule has 0 radical (unpaired) electrons. The van der Waals surface area contributed by atoms with Gasteiger partial charge in [-0.05, 0) is 11.1 Å². The van der Waals surface area contributed by atoms with Crippen LogP contribution in [0.1, 0.15) is 11.1 Å². The van der Waals surface area contributed by atoms with Crippen molar-refractivity contribution in [2.24, 2.45) is 0 Å². The Labute approximate surface area is 154 Å². The largest absolute Gasteiger partial charge is 0.394 e. The van der Waals surface area contributed by atoms with Crippen molar-refractivity contribution in [2.45, 2.75) is 37.4 Å². The minimum absolute atomic E-state index is 0.387. The van der Waals surface area contributed by atoms with Gasteiger partial charge in [0.1, 0.15) is 12.2 Å². The van der Waals surface area contributed by atoms with Gasteiger partial charge in [-0.25, -0.2) is 0 Å². The quantitative estimate of drug-likeness (QED) is 0.337. The standard InChI is InChI=1S/C20H28N2O4/c23-14-18(24)20(26)19(25)17(22-12-16-9-5-2-6-10-16)13-21-11-15-7-3-1-4-8-15/h1-10,17-26H,11-14H2/t17-,18-,19-,20-/m1/s1. The zero-order valence-electron chi connectivity index (χ0n) is 14.7. The van der Waals surface area contributed by atoms with Crippen molar-refractivity contribution < 1.29 is 20.4 Å². The number of hydrogen-bond donors (Lipinski definition) is 6. The number of rotatable bonds is 11. The topological polar surface area (TPSA) is 105 Å². The van der Waals surface area contributed by atoms with Crippen molar-refractivity contribution in [3.05, 3.63) is 71.8 Å². The average molecular weight is 360 g/mol. The monoisotopic (exact) mass is 360 g/mol. The lowest BCUT2D eigenvalue weighted by molar-refractivity contribution is -0.0868. The minimum Gasteiger partial charge on any atom is -0.394 e. The number of benzene rings is 2. The van der Waals surface area contributed by atoms with E-state index in [-0.39, 0.29) is 0 Å². The molecular formula is C20H28N2O4. The molecule has 0 bridgehead atoms. The SMILES string of the molecule is OC[C@@H](O)[C@@H](O)[C@H](O)[C@@H](CNCc1ccccc1)NCc1ccccc1. The zero-order valence-corrected chi connectivity index (χ0v) is 14.7. The van der Waals surface area contributed by atoms with Crippen molar-refractivity contribution in [1.29, 1.82) is 0 Å². The second kappa shape index (κ2) is 11.0. The number of hydrogen-bond acceptors (Lipinski definition) is 6. The molecule has 26 heavy (non-hydrogen) atoms. The Balaban J connectivity index is 1.95. The fraction of sp³-hybridized carbons (Fsp3) is 0.400. The first kappa shape index (κ1) is 20.5. The molecule has 2 rings (SSSR count). The Morgan fingerprint density at radius 2 is 1.27 bits per heavy atom. The first-order chi connectivity index (χ1) is 12.6. The van der Waals surface area contributed by atoms with Crippen LogP contribution in [0.5, 0.6) is 0 Å². The number of nitrogens with one attached hydrogen (secondary N) is 2. The van der Waals surface area contributed by atoms with E-state index in [4.69, 9.17) is 5.11 Å². The van der Waals surface area contributed by atoms with E-state index < -0.39 is 31.0 Å². The minimum atomic E-state index is -1.44. The normalized spacial score (nSPS) is 16.0. The fourth-order valence-electron chi connectivity index (χ4n) is 2.70. The van der Waals surface area contributed by atoms with Gasteiger partial charge in [0, 0.05) is 25.7 Å². The Bertz CT molecular complexity index is 612. The maximum absolute atomic E-state index is 10.4. The molecule has 0 aliphatic rings. The third-order valence-electron chi connectivity index (χ3n) is 4.29. The van der Waals surface area contributed by atoms with Crippen molar-refractivity contribution in [3.8, 4) is 0 Å². The Morgan fingerprint density at radius 3 is 1.81 bits per heavy atom. The fourth-order valence-corrected chi connectivity index (χ4v) is 2.70. The molecule has 0 saturated heterocycles. The summed E-state index contributed by atoms with van der Waals surface area (Å²) in [6.45, 7) is 0.909. The van der Waals surface area contributed by atoms with E-state index in [2.05, 4.69) is 10.6 Å². The van der Waals surface area contributed by atoms with Crippen molar-refractivity contribution in [2.75, 3.05) is 13.2 Å². The van der Waals surface area contributed by atoms with Crippen LogP contribution in [0.4, 0.5) is 0 Å². The molecule has 4 atom stereocenters. The lowest BCUT2D eigenvalue weighted by atomic mass is 10.0. The summed E-state index contributed by atoms with van der Waals surface area (Å²) in [5.74, 6) is 0. The van der Waals surface area contributed by atoms with E-state index in [1.165, 1.54) is 0 Å². The summed E-state index contributed by atoms with van der Waals surface area (Å²) in [4.78, 5) is 0. The predicted octanol–water partition coefficient (Wildman–Crippen LogP) is 0.00960. The van der Waals surface area contributed by atoms with Gasteiger partial charge < -0.3 is 31.1 Å². The molecule has 0 amide bonds. The number of aliphatic hydroxyl groups excluding tert-OH is 4. The van der Waals surface area contributed by atoms with Crippen LogP contribution >= 0.6 is 0 Å². The third kappa shape index (κ3) is 6.49. The molecule has 0 fully saturated rings. The molecule has 6 heteroatoms. The van der Waals surface area contributed by atoms with Crippen LogP contribution in [0.3, 0.4) is 0 Å². The average Bonchev–Trinajstić information content (AvgIpc) is 2.70. The number of aliphatic hydroxyl groups is 4. The smallest absolute Gasteiger partial charge is 0.110 e. The molecule has 2 aromatic carbocycles. The molecule has 142 valence electrons. The van der Waals surface area contributed by atoms with E-state index in [9.17, 15) is 15.3 Å². The molecular weight excluding hydrogens is 332 g/mol. The van der Waals surface area contributed by atoms with Gasteiger partial charge in [0.2, 0.25) is 0 Å². The van der Waals surface area contributed by atoms with Crippen LogP contribution in [0, 0.1) is 0 Å². The van der Waals surface area contributed by atoms with Crippen LogP contribution in [0.25, 0.3) is 0 Å². The van der Waals surface area contributed by atoms with Gasteiger partial charge in [0.05, 0.1) is 12.7 Å². The van der Waals surface area contributed by atoms with Gasteiger partial charge in [-0.3, -0.25) is 0 Å². The maximum Gasteiger partial charge on any atom is 0.110 e. The molecule has 0 aliphatic carbocycles. The Hall–Kier alpha value is -1.80. The summed E-state index contributed by atoms with van der Waals surface area (Å²) in [7, 11) is 0. The maximum atomic E-state index is 10.4. The molecule has 0 heterocycles. The lowest BCUT2D eigenvalue weighted by Crippen LogP contribution is -2.54. The molecule has 0 saturated carbocycles. The highest BCUT2D eigenvalue weighted by Crippen LogP contribution is 2.07. The van der Waals surface area contributed by atoms with Crippen molar-refractivity contribution >= 4 is 0 Å². The van der Waals surface area contributed by atoms with Crippen LogP contribution in [-0.4, -0.2) is 57.9 Å². The van der Waals surface area contributed by atoms with Crippen LogP contribution in [0.2, 0.25) is 0 Å². The lowest BCUT2D eigenvalue weighted by Gasteiger charge is -2.30. The van der Waals surface area contributed by atoms with E-state index in [1.807, 2.05) is 60.7 Å². The highest BCUT2D eigenvalue weighted by atomic mass is 16.4. The summed E-state index contributed by atoms with van der Waals surface area (Å²) in [5.41, 5.74) is 2.16. The molecule has 6 N–H and O–H groups in total. The van der Waals surface area contributed by atoms with Gasteiger partial charge >= 0.3 is 0 Å². The molecule has 0 aliphatic heterocycles. The molecule has 2 aromatic rings. The van der Waals surface area contributed by atoms with Crippen molar-refractivity contribution in [3.63, 3.8) is 0 Å². The van der Waals surface area contributed by atoms with Crippen LogP contribution in [-0.2, 0) is 13.1 Å². The summed E-state index contributed by atoms with van der Waals surface area (Å²) < 4.78 is 0. The third-order valence-corrected chi connectivity index (χ3v) is 4.29. The summed E-state index contributed by atoms with van der Waals surface area (Å²) >= 11 is 0. The predicted molar refractivity (Wildman–Crippen MR) is 100 cm³/mol. The van der Waals surface area contributed by atoms with E-state index in [1.54, 1.807) is 0 Å². The summed E-state index contributed by atoms with van der Waals surface area (Å²) in [5, 5.41) is 45.6. The molecule has 6 nitrogen and oxygen atoms in total. The van der Waals surface area contributed by atoms with E-state index in [0.717, 1.165) is 11.1 Å². The highest BCUT2D eigenvalue weighted by molar-refractivity contribution is 5.15. The Morgan fingerprint density at radius 1 is 0.731 bits per heavy atom. The van der Waals surface area contributed by atoms with Crippen molar-refractivity contribution in [1.82, 2.24) is 10.6 Å². The summed E-state index contributed by atoms with van der Waals surface area (Å²) in [6.07, 6.45) is -4.06. The van der Waals surface area contributed by atoms with Crippen LogP contribution in [0.15, 0.2) is 60.7 Å². The van der Waals surface area contributed by atoms with Crippen LogP contribution < -0.4 is 10.6 Å². The summed E-state index contributed by atoms with van der Waals surface area (Å²) in [6, 6.07) is 19.1. The van der Waals surface area contributed by atoms with E-state index in [0.29, 0.717) is 19.6 Å². The van der Waals surface area contributed by atoms with Gasteiger partial charge in [-0.15, -0.1) is 0 Å².